The number of rotatable bonds is 7. The highest BCUT2D eigenvalue weighted by molar-refractivity contribution is 7.89. The number of nitrogens with one attached hydrogen (secondary N) is 3. The Kier molecular flexibility index (Phi) is 7.18. The Balaban J connectivity index is 1.76. The molecule has 0 bridgehead atoms. The first-order valence-corrected chi connectivity index (χ1v) is 9.78. The summed E-state index contributed by atoms with van der Waals surface area (Å²) in [4.78, 5) is 23.0. The van der Waals surface area contributed by atoms with Crippen molar-refractivity contribution < 1.29 is 26.8 Å². The van der Waals surface area contributed by atoms with Gasteiger partial charge in [-0.05, 0) is 37.1 Å². The Hall–Kier alpha value is -2.85. The van der Waals surface area contributed by atoms with Gasteiger partial charge in [0.25, 0.3) is 5.91 Å². The predicted octanol–water partition coefficient (Wildman–Crippen LogP) is 1.79. The van der Waals surface area contributed by atoms with Crippen LogP contribution in [0.3, 0.4) is 0 Å². The van der Waals surface area contributed by atoms with Crippen molar-refractivity contribution in [3.8, 4) is 0 Å². The summed E-state index contributed by atoms with van der Waals surface area (Å²) in [6, 6.07) is 8.97. The van der Waals surface area contributed by atoms with Gasteiger partial charge in [-0.1, -0.05) is 18.2 Å². The second kappa shape index (κ2) is 9.38. The van der Waals surface area contributed by atoms with Gasteiger partial charge >= 0.3 is 0 Å². The third-order valence-corrected chi connectivity index (χ3v) is 5.26. The molecule has 0 saturated heterocycles. The third-order valence-electron chi connectivity index (χ3n) is 3.76. The molecular weight excluding hydrogens is 392 g/mol. The van der Waals surface area contributed by atoms with Crippen LogP contribution in [0.5, 0.6) is 0 Å². The zero-order valence-electron chi connectivity index (χ0n) is 15.0. The number of halogens is 2. The molecule has 3 N–H and O–H groups in total. The summed E-state index contributed by atoms with van der Waals surface area (Å²) in [6.45, 7) is 1.62. The highest BCUT2D eigenvalue weighted by atomic mass is 32.2. The van der Waals surface area contributed by atoms with Gasteiger partial charge < -0.3 is 0 Å². The molecule has 0 saturated carbocycles. The Morgan fingerprint density at radius 1 is 1.04 bits per heavy atom. The number of hydrogen-bond acceptors (Lipinski definition) is 4. The van der Waals surface area contributed by atoms with Gasteiger partial charge in [0.15, 0.2) is 0 Å². The Labute approximate surface area is 161 Å². The van der Waals surface area contributed by atoms with E-state index in [4.69, 9.17) is 0 Å². The van der Waals surface area contributed by atoms with Crippen LogP contribution >= 0.6 is 0 Å². The average molecular weight is 411 g/mol. The van der Waals surface area contributed by atoms with Crippen molar-refractivity contribution in [1.82, 2.24) is 15.6 Å². The number of amides is 2. The standard InChI is InChI=1S/C18H19F2N3O4S/c1-12-5-2-3-6-14(12)18(25)23-22-17(24)7-4-10-21-28(26,27)16-9-8-13(19)11-15(16)20/h2-3,5-6,8-9,11,21H,4,7,10H2,1H3,(H,22,24)(H,23,25). The molecule has 0 spiro atoms. The minimum atomic E-state index is -4.17. The van der Waals surface area contributed by atoms with Crippen LogP contribution in [0.15, 0.2) is 47.4 Å². The van der Waals surface area contributed by atoms with Crippen molar-refractivity contribution in [2.75, 3.05) is 6.54 Å². The first kappa shape index (κ1) is 21.5. The summed E-state index contributed by atoms with van der Waals surface area (Å²) in [5, 5.41) is 0. The summed E-state index contributed by atoms with van der Waals surface area (Å²) in [5.74, 6) is -3.09. The molecule has 0 radical (unpaired) electrons. The van der Waals surface area contributed by atoms with E-state index in [-0.39, 0.29) is 19.4 Å². The van der Waals surface area contributed by atoms with Crippen LogP contribution in [0, 0.1) is 18.6 Å². The van der Waals surface area contributed by atoms with E-state index >= 15 is 0 Å². The first-order chi connectivity index (χ1) is 13.2. The van der Waals surface area contributed by atoms with Crippen LogP contribution in [0.1, 0.15) is 28.8 Å². The molecule has 150 valence electrons. The molecule has 2 amide bonds. The van der Waals surface area contributed by atoms with Gasteiger partial charge in [-0.2, -0.15) is 0 Å². The van der Waals surface area contributed by atoms with Gasteiger partial charge in [-0.15, -0.1) is 0 Å². The molecule has 0 fully saturated rings. The van der Waals surface area contributed by atoms with Crippen molar-refractivity contribution in [2.24, 2.45) is 0 Å². The quantitative estimate of drug-likeness (QED) is 0.477. The number of hydrogen-bond donors (Lipinski definition) is 3. The zero-order valence-corrected chi connectivity index (χ0v) is 15.8. The zero-order chi connectivity index (χ0) is 20.7. The van der Waals surface area contributed by atoms with Crippen molar-refractivity contribution in [3.63, 3.8) is 0 Å². The lowest BCUT2D eigenvalue weighted by molar-refractivity contribution is -0.121. The van der Waals surface area contributed by atoms with Crippen LogP contribution in [0.25, 0.3) is 0 Å². The van der Waals surface area contributed by atoms with E-state index in [1.54, 1.807) is 31.2 Å². The van der Waals surface area contributed by atoms with Crippen molar-refractivity contribution in [2.45, 2.75) is 24.7 Å². The number of hydrazine groups is 1. The summed E-state index contributed by atoms with van der Waals surface area (Å²) < 4.78 is 52.5. The SMILES string of the molecule is Cc1ccccc1C(=O)NNC(=O)CCCNS(=O)(=O)c1ccc(F)cc1F. The first-order valence-electron chi connectivity index (χ1n) is 8.30. The average Bonchev–Trinajstić information content (AvgIpc) is 2.63. The molecule has 2 aromatic carbocycles. The molecule has 0 aliphatic carbocycles. The van der Waals surface area contributed by atoms with Crippen molar-refractivity contribution in [1.29, 1.82) is 0 Å². The van der Waals surface area contributed by atoms with Gasteiger partial charge in [0.05, 0.1) is 0 Å². The predicted molar refractivity (Wildman–Crippen MR) is 97.6 cm³/mol. The maximum absolute atomic E-state index is 13.6. The molecule has 0 aromatic heterocycles. The minimum Gasteiger partial charge on any atom is -0.273 e. The number of sulfonamides is 1. The number of benzene rings is 2. The molecule has 2 aromatic rings. The van der Waals surface area contributed by atoms with Crippen LogP contribution in [-0.4, -0.2) is 26.8 Å². The largest absolute Gasteiger partial charge is 0.273 e. The maximum atomic E-state index is 13.6. The van der Waals surface area contributed by atoms with E-state index in [0.717, 1.165) is 17.7 Å². The Morgan fingerprint density at radius 3 is 2.43 bits per heavy atom. The highest BCUT2D eigenvalue weighted by Crippen LogP contribution is 2.15. The fourth-order valence-corrected chi connectivity index (χ4v) is 3.44. The van der Waals surface area contributed by atoms with Gasteiger partial charge in [0, 0.05) is 24.6 Å². The molecule has 0 aliphatic heterocycles. The summed E-state index contributed by atoms with van der Waals surface area (Å²) in [5.41, 5.74) is 5.67. The van der Waals surface area contributed by atoms with Crippen LogP contribution in [0.2, 0.25) is 0 Å². The van der Waals surface area contributed by atoms with Gasteiger partial charge in [0.2, 0.25) is 15.9 Å². The van der Waals surface area contributed by atoms with Gasteiger partial charge in [-0.3, -0.25) is 20.4 Å². The van der Waals surface area contributed by atoms with E-state index in [9.17, 15) is 26.8 Å². The van der Waals surface area contributed by atoms with E-state index < -0.39 is 38.4 Å². The van der Waals surface area contributed by atoms with E-state index in [1.165, 1.54) is 0 Å². The van der Waals surface area contributed by atoms with E-state index in [2.05, 4.69) is 15.6 Å². The molecule has 28 heavy (non-hydrogen) atoms. The molecule has 0 atom stereocenters. The minimum absolute atomic E-state index is 0.0809. The van der Waals surface area contributed by atoms with E-state index in [0.29, 0.717) is 11.6 Å². The van der Waals surface area contributed by atoms with Crippen LogP contribution < -0.4 is 15.6 Å². The van der Waals surface area contributed by atoms with Crippen LogP contribution in [-0.2, 0) is 14.8 Å². The molecular formula is C18H19F2N3O4S. The van der Waals surface area contributed by atoms with Crippen molar-refractivity contribution in [3.05, 3.63) is 65.2 Å². The fourth-order valence-electron chi connectivity index (χ4n) is 2.31. The third kappa shape index (κ3) is 5.83. The normalized spacial score (nSPS) is 11.1. The lowest BCUT2D eigenvalue weighted by Crippen LogP contribution is -2.42. The number of aryl methyl sites for hydroxylation is 1. The molecule has 10 heteroatoms. The lowest BCUT2D eigenvalue weighted by atomic mass is 10.1. The number of carbonyl (C=O) groups is 2. The molecule has 7 nitrogen and oxygen atoms in total. The molecule has 0 unspecified atom stereocenters. The van der Waals surface area contributed by atoms with Gasteiger partial charge in [-0.25, -0.2) is 21.9 Å². The summed E-state index contributed by atoms with van der Waals surface area (Å²) in [7, 11) is -4.17. The maximum Gasteiger partial charge on any atom is 0.269 e. The monoisotopic (exact) mass is 411 g/mol. The second-order valence-electron chi connectivity index (χ2n) is 5.89. The second-order valence-corrected chi connectivity index (χ2v) is 7.63. The lowest BCUT2D eigenvalue weighted by Gasteiger charge is -2.10. The summed E-state index contributed by atoms with van der Waals surface area (Å²) >= 11 is 0. The number of carbonyl (C=O) groups excluding carboxylic acids is 2. The van der Waals surface area contributed by atoms with Gasteiger partial charge in [0.1, 0.15) is 16.5 Å². The molecule has 2 rings (SSSR count). The molecule has 0 heterocycles. The fraction of sp³-hybridized carbons (Fsp3) is 0.222. The topological polar surface area (TPSA) is 104 Å². The summed E-state index contributed by atoms with van der Waals surface area (Å²) in [6.07, 6.45) is 0.0244. The smallest absolute Gasteiger partial charge is 0.269 e. The molecule has 0 aliphatic rings. The van der Waals surface area contributed by atoms with E-state index in [1.807, 2.05) is 0 Å². The Morgan fingerprint density at radius 2 is 1.75 bits per heavy atom. The Bertz CT molecular complexity index is 981. The van der Waals surface area contributed by atoms with Crippen LogP contribution in [0.4, 0.5) is 8.78 Å². The van der Waals surface area contributed by atoms with Crippen molar-refractivity contribution >= 4 is 21.8 Å². The highest BCUT2D eigenvalue weighted by Gasteiger charge is 2.19.